The molecule has 0 radical (unpaired) electrons. The Hall–Kier alpha value is -2.07. The van der Waals surface area contributed by atoms with E-state index in [0.29, 0.717) is 24.1 Å². The molecular formula is C18H25N3O3S. The zero-order chi connectivity index (χ0) is 18.5. The maximum Gasteiger partial charge on any atom is 0.240 e. The number of hydrogen-bond donors (Lipinski definition) is 2. The molecule has 1 aromatic rings. The smallest absolute Gasteiger partial charge is 0.240 e. The van der Waals surface area contributed by atoms with E-state index in [9.17, 15) is 18.5 Å². The molecule has 0 atom stereocenters. The van der Waals surface area contributed by atoms with Crippen LogP contribution in [0.5, 0.6) is 0 Å². The summed E-state index contributed by atoms with van der Waals surface area (Å²) >= 11 is 0. The molecule has 2 rings (SSSR count). The molecule has 1 amide bonds. The van der Waals surface area contributed by atoms with Gasteiger partial charge in [0.1, 0.15) is 5.54 Å². The zero-order valence-corrected chi connectivity index (χ0v) is 15.5. The number of sulfone groups is 1. The summed E-state index contributed by atoms with van der Waals surface area (Å²) in [4.78, 5) is 12.1. The fourth-order valence-corrected chi connectivity index (χ4v) is 3.88. The van der Waals surface area contributed by atoms with E-state index in [-0.39, 0.29) is 18.2 Å². The highest BCUT2D eigenvalue weighted by Gasteiger charge is 2.35. The molecule has 6 nitrogen and oxygen atoms in total. The lowest BCUT2D eigenvalue weighted by Gasteiger charge is -2.22. The van der Waals surface area contributed by atoms with E-state index < -0.39 is 20.6 Å². The highest BCUT2D eigenvalue weighted by Crippen LogP contribution is 2.28. The number of anilines is 1. The van der Waals surface area contributed by atoms with E-state index in [4.69, 9.17) is 0 Å². The van der Waals surface area contributed by atoms with E-state index >= 15 is 0 Å². The third-order valence-electron chi connectivity index (χ3n) is 4.52. The third-order valence-corrected chi connectivity index (χ3v) is 6.69. The number of nitrogens with one attached hydrogen (secondary N) is 2. The van der Waals surface area contributed by atoms with Gasteiger partial charge in [-0.15, -0.1) is 0 Å². The second-order valence-electron chi connectivity index (χ2n) is 6.86. The number of benzene rings is 1. The lowest BCUT2D eigenvalue weighted by molar-refractivity contribution is -0.120. The second kappa shape index (κ2) is 7.87. The highest BCUT2D eigenvalue weighted by molar-refractivity contribution is 7.91. The molecule has 1 aliphatic carbocycles. The molecule has 0 bridgehead atoms. The molecule has 25 heavy (non-hydrogen) atoms. The van der Waals surface area contributed by atoms with Crippen molar-refractivity contribution in [2.24, 2.45) is 0 Å². The molecule has 0 aliphatic heterocycles. The van der Waals surface area contributed by atoms with Gasteiger partial charge in [-0.25, -0.2) is 8.42 Å². The minimum absolute atomic E-state index is 0.0239. The van der Waals surface area contributed by atoms with Crippen LogP contribution < -0.4 is 10.6 Å². The van der Waals surface area contributed by atoms with E-state index in [1.807, 2.05) is 0 Å². The topological polar surface area (TPSA) is 99.1 Å². The van der Waals surface area contributed by atoms with Crippen LogP contribution in [0.1, 0.15) is 45.1 Å². The third kappa shape index (κ3) is 5.20. The van der Waals surface area contributed by atoms with Crippen molar-refractivity contribution in [1.82, 2.24) is 5.32 Å². The van der Waals surface area contributed by atoms with Crippen LogP contribution in [0.25, 0.3) is 0 Å². The highest BCUT2D eigenvalue weighted by atomic mass is 32.2. The van der Waals surface area contributed by atoms with Crippen LogP contribution in [-0.2, 0) is 20.4 Å². The number of amides is 1. The Balaban J connectivity index is 1.94. The van der Waals surface area contributed by atoms with Crippen LogP contribution >= 0.6 is 0 Å². The van der Waals surface area contributed by atoms with Crippen LogP contribution in [0.2, 0.25) is 0 Å². The summed E-state index contributed by atoms with van der Waals surface area (Å²) in [6.45, 7) is 3.37. The average Bonchev–Trinajstić information content (AvgIpc) is 3.02. The van der Waals surface area contributed by atoms with E-state index in [1.165, 1.54) is 0 Å². The Labute approximate surface area is 149 Å². The lowest BCUT2D eigenvalue weighted by Crippen LogP contribution is -2.47. The van der Waals surface area contributed by atoms with Crippen molar-refractivity contribution in [2.45, 2.75) is 56.1 Å². The first kappa shape index (κ1) is 19.3. The van der Waals surface area contributed by atoms with Crippen LogP contribution in [0.15, 0.2) is 24.3 Å². The van der Waals surface area contributed by atoms with Gasteiger partial charge in [0.25, 0.3) is 0 Å². The number of hydrogen-bond acceptors (Lipinski definition) is 5. The van der Waals surface area contributed by atoms with Gasteiger partial charge in [-0.2, -0.15) is 5.26 Å². The quantitative estimate of drug-likeness (QED) is 0.775. The summed E-state index contributed by atoms with van der Waals surface area (Å²) in [7, 11) is -3.17. The number of carbonyl (C=O) groups is 1. The van der Waals surface area contributed by atoms with Crippen molar-refractivity contribution in [3.8, 4) is 6.07 Å². The van der Waals surface area contributed by atoms with E-state index in [1.54, 1.807) is 38.1 Å². The summed E-state index contributed by atoms with van der Waals surface area (Å²) in [5.74, 6) is -0.257. The predicted octanol–water partition coefficient (Wildman–Crippen LogP) is 2.37. The van der Waals surface area contributed by atoms with Crippen molar-refractivity contribution >= 4 is 21.4 Å². The van der Waals surface area contributed by atoms with Gasteiger partial charge in [0, 0.05) is 5.69 Å². The maximum absolute atomic E-state index is 12.1. The predicted molar refractivity (Wildman–Crippen MR) is 97.6 cm³/mol. The fourth-order valence-electron chi connectivity index (χ4n) is 2.91. The number of carbonyl (C=O) groups excluding carboxylic acids is 1. The van der Waals surface area contributed by atoms with Gasteiger partial charge in [0.2, 0.25) is 5.91 Å². The van der Waals surface area contributed by atoms with Crippen LogP contribution in [0.3, 0.4) is 0 Å². The Morgan fingerprint density at radius 3 is 2.60 bits per heavy atom. The average molecular weight is 363 g/mol. The number of rotatable bonds is 7. The Morgan fingerprint density at radius 1 is 1.32 bits per heavy atom. The summed E-state index contributed by atoms with van der Waals surface area (Å²) in [5, 5.41) is 14.7. The molecule has 1 aromatic carbocycles. The molecule has 0 unspecified atom stereocenters. The summed E-state index contributed by atoms with van der Waals surface area (Å²) in [6, 6.07) is 9.27. The first-order valence-electron chi connectivity index (χ1n) is 8.53. The molecule has 0 spiro atoms. The van der Waals surface area contributed by atoms with Crippen LogP contribution in [0, 0.1) is 11.3 Å². The van der Waals surface area contributed by atoms with Crippen molar-refractivity contribution in [3.05, 3.63) is 29.8 Å². The van der Waals surface area contributed by atoms with Gasteiger partial charge in [-0.05, 0) is 57.2 Å². The molecule has 0 saturated heterocycles. The van der Waals surface area contributed by atoms with Gasteiger partial charge in [-0.3, -0.25) is 4.79 Å². The van der Waals surface area contributed by atoms with Gasteiger partial charge < -0.3 is 10.6 Å². The molecule has 0 aromatic heterocycles. The normalized spacial score (nSPS) is 16.4. The molecule has 136 valence electrons. The first-order chi connectivity index (χ1) is 11.8. The van der Waals surface area contributed by atoms with Gasteiger partial charge in [0.15, 0.2) is 9.84 Å². The van der Waals surface area contributed by atoms with Gasteiger partial charge >= 0.3 is 0 Å². The lowest BCUT2D eigenvalue weighted by atomic mass is 10.00. The zero-order valence-electron chi connectivity index (χ0n) is 14.7. The molecule has 0 heterocycles. The Kier molecular flexibility index (Phi) is 6.07. The molecule has 2 N–H and O–H groups in total. The van der Waals surface area contributed by atoms with Crippen molar-refractivity contribution in [1.29, 1.82) is 5.26 Å². The first-order valence-corrected chi connectivity index (χ1v) is 10.2. The Morgan fingerprint density at radius 2 is 2.00 bits per heavy atom. The van der Waals surface area contributed by atoms with Crippen molar-refractivity contribution in [2.75, 3.05) is 11.9 Å². The minimum atomic E-state index is -3.17. The van der Waals surface area contributed by atoms with Crippen LogP contribution in [0.4, 0.5) is 5.69 Å². The van der Waals surface area contributed by atoms with Gasteiger partial charge in [-0.1, -0.05) is 12.1 Å². The van der Waals surface area contributed by atoms with Crippen LogP contribution in [-0.4, -0.2) is 31.7 Å². The van der Waals surface area contributed by atoms with E-state index in [2.05, 4.69) is 16.7 Å². The maximum atomic E-state index is 12.1. The van der Waals surface area contributed by atoms with Crippen molar-refractivity contribution < 1.29 is 13.2 Å². The van der Waals surface area contributed by atoms with Crippen molar-refractivity contribution in [3.63, 3.8) is 0 Å². The monoisotopic (exact) mass is 363 g/mol. The second-order valence-corrected chi connectivity index (χ2v) is 9.42. The summed E-state index contributed by atoms with van der Waals surface area (Å²) < 4.78 is 24.0. The van der Waals surface area contributed by atoms with Gasteiger partial charge in [0.05, 0.1) is 23.6 Å². The number of nitrogens with zero attached hydrogens (tertiary/aromatic N) is 1. The summed E-state index contributed by atoms with van der Waals surface area (Å²) in [5.41, 5.74) is 0.638. The molecule has 1 aliphatic rings. The molecule has 1 saturated carbocycles. The molecular weight excluding hydrogens is 338 g/mol. The Bertz CT molecular complexity index is 760. The largest absolute Gasteiger partial charge is 0.376 e. The number of nitriles is 1. The van der Waals surface area contributed by atoms with E-state index in [0.717, 1.165) is 12.8 Å². The fraction of sp³-hybridized carbons (Fsp3) is 0.556. The molecule has 7 heteroatoms. The molecule has 1 fully saturated rings. The summed E-state index contributed by atoms with van der Waals surface area (Å²) in [6.07, 6.45) is 3.29. The minimum Gasteiger partial charge on any atom is -0.376 e. The standard InChI is InChI=1S/C18H25N3O3S/c1-14(2)25(23,24)12-15-6-5-7-16(10-15)20-11-17(22)21-18(13-19)8-3-4-9-18/h5-7,10,14,20H,3-4,8-9,11-12H2,1-2H3,(H,21,22). The SMILES string of the molecule is CC(C)S(=O)(=O)Cc1cccc(NCC(=O)NC2(C#N)CCCC2)c1.